The van der Waals surface area contributed by atoms with Gasteiger partial charge in [0, 0.05) is 0 Å². The van der Waals surface area contributed by atoms with E-state index in [0.29, 0.717) is 0 Å². The third kappa shape index (κ3) is 4.11. The van der Waals surface area contributed by atoms with Crippen molar-refractivity contribution in [3.63, 3.8) is 0 Å². The normalized spacial score (nSPS) is 18.6. The maximum atomic E-state index is 11.6. The highest BCUT2D eigenvalue weighted by Crippen LogP contribution is 2.50. The van der Waals surface area contributed by atoms with Gasteiger partial charge in [-0.15, -0.1) is 0 Å². The zero-order chi connectivity index (χ0) is 14.1. The summed E-state index contributed by atoms with van der Waals surface area (Å²) in [5.41, 5.74) is 0. The third-order valence-corrected chi connectivity index (χ3v) is 3.37. The molecule has 0 saturated carbocycles. The summed E-state index contributed by atoms with van der Waals surface area (Å²) >= 11 is 0. The first-order valence-corrected chi connectivity index (χ1v) is 6.38. The Morgan fingerprint density at radius 3 is 2.00 bits per heavy atom. The lowest BCUT2D eigenvalue weighted by molar-refractivity contribution is -0.874. The lowest BCUT2D eigenvalue weighted by Crippen LogP contribution is -2.56. The van der Waals surface area contributed by atoms with Crippen LogP contribution >= 0.6 is 7.60 Å². The molecular weight excluding hydrogens is 253 g/mol. The third-order valence-electron chi connectivity index (χ3n) is 2.05. The molecule has 17 heavy (non-hydrogen) atoms. The largest absolute Gasteiger partial charge is 0.393 e. The molecule has 102 valence electrons. The first-order valence-electron chi connectivity index (χ1n) is 4.77. The van der Waals surface area contributed by atoms with Crippen molar-refractivity contribution in [3.8, 4) is 0 Å². The second kappa shape index (κ2) is 5.11. The van der Waals surface area contributed by atoms with Crippen LogP contribution in [-0.4, -0.2) is 81.1 Å². The summed E-state index contributed by atoms with van der Waals surface area (Å²) in [6, 6.07) is 0. The van der Waals surface area contributed by atoms with Crippen molar-refractivity contribution in [2.75, 3.05) is 34.3 Å². The number of ketones is 1. The van der Waals surface area contributed by atoms with Crippen LogP contribution in [0.2, 0.25) is 0 Å². The van der Waals surface area contributed by atoms with E-state index in [1.165, 1.54) is 21.1 Å². The van der Waals surface area contributed by atoms with Gasteiger partial charge in [-0.2, -0.15) is 0 Å². The van der Waals surface area contributed by atoms with Gasteiger partial charge in [0.15, 0.2) is 0 Å². The van der Waals surface area contributed by atoms with Crippen LogP contribution in [0.1, 0.15) is 0 Å². The van der Waals surface area contributed by atoms with Gasteiger partial charge >= 0.3 is 7.60 Å². The van der Waals surface area contributed by atoms with Crippen LogP contribution in [0.3, 0.4) is 0 Å². The molecule has 9 heteroatoms. The van der Waals surface area contributed by atoms with E-state index < -0.39 is 38.0 Å². The topological polar surface area (TPSA) is 135 Å². The minimum Gasteiger partial charge on any atom is -0.393 e. The van der Waals surface area contributed by atoms with Gasteiger partial charge in [-0.05, 0) is 0 Å². The fourth-order valence-corrected chi connectivity index (χ4v) is 2.37. The monoisotopic (exact) mass is 272 g/mol. The van der Waals surface area contributed by atoms with Crippen LogP contribution < -0.4 is 0 Å². The average molecular weight is 272 g/mol. The minimum absolute atomic E-state index is 0.106. The molecule has 8 nitrogen and oxygen atoms in total. The zero-order valence-electron chi connectivity index (χ0n) is 9.94. The van der Waals surface area contributed by atoms with Crippen LogP contribution in [0, 0.1) is 0 Å². The molecule has 0 aromatic heterocycles. The molecule has 0 aliphatic carbocycles. The summed E-state index contributed by atoms with van der Waals surface area (Å²) in [6.07, 6.45) is -2.03. The Morgan fingerprint density at radius 2 is 1.76 bits per heavy atom. The molecular formula is C8H19NO7P+. The van der Waals surface area contributed by atoms with Crippen molar-refractivity contribution in [2.24, 2.45) is 0 Å². The molecule has 0 spiro atoms. The van der Waals surface area contributed by atoms with E-state index in [0.717, 1.165) is 0 Å². The molecule has 0 fully saturated rings. The van der Waals surface area contributed by atoms with E-state index >= 15 is 0 Å². The Morgan fingerprint density at radius 1 is 1.35 bits per heavy atom. The van der Waals surface area contributed by atoms with Gasteiger partial charge in [0.2, 0.25) is 5.78 Å². The van der Waals surface area contributed by atoms with Gasteiger partial charge < -0.3 is 29.6 Å². The molecule has 5 N–H and O–H groups in total. The standard InChI is InChI=1S/C8H18NO7P/c1-9(2,3)5-8(13,17(14,15)16)7(12)6(11)4-10/h6,10-11,13H,4-5H2,1-3H3,(H-,14,15,16)/p+1. The molecule has 0 aliphatic heterocycles. The SMILES string of the molecule is C[N+](C)(C)CC(O)(C(=O)C(O)CO)P(=O)(O)O. The summed E-state index contributed by atoms with van der Waals surface area (Å²) in [5.74, 6) is -1.48. The minimum atomic E-state index is -5.19. The summed E-state index contributed by atoms with van der Waals surface area (Å²) in [6.45, 7) is -1.61. The molecule has 0 saturated heterocycles. The van der Waals surface area contributed by atoms with Gasteiger partial charge in [-0.25, -0.2) is 0 Å². The van der Waals surface area contributed by atoms with E-state index in [2.05, 4.69) is 0 Å². The molecule has 2 atom stereocenters. The zero-order valence-corrected chi connectivity index (χ0v) is 10.8. The highest BCUT2D eigenvalue weighted by Gasteiger charge is 2.57. The number of nitrogens with zero attached hydrogens (tertiary/aromatic N) is 1. The smallest absolute Gasteiger partial charge is 0.370 e. The molecule has 0 aromatic carbocycles. The lowest BCUT2D eigenvalue weighted by atomic mass is 10.1. The fourth-order valence-electron chi connectivity index (χ4n) is 1.32. The first-order chi connectivity index (χ1) is 7.35. The second-order valence-corrected chi connectivity index (χ2v) is 6.70. The fraction of sp³-hybridized carbons (Fsp3) is 0.875. The Labute approximate surface area is 98.9 Å². The van der Waals surface area contributed by atoms with Crippen LogP contribution in [0.5, 0.6) is 0 Å². The summed E-state index contributed by atoms with van der Waals surface area (Å²) in [5, 5.41) is 24.6. The number of hydrogen-bond donors (Lipinski definition) is 5. The van der Waals surface area contributed by atoms with E-state index in [1.54, 1.807) is 0 Å². The predicted molar refractivity (Wildman–Crippen MR) is 58.0 cm³/mol. The van der Waals surface area contributed by atoms with Crippen molar-refractivity contribution >= 4 is 13.4 Å². The molecule has 0 radical (unpaired) electrons. The van der Waals surface area contributed by atoms with Crippen LogP contribution in [0.25, 0.3) is 0 Å². The number of likely N-dealkylation sites (N-methyl/N-ethyl adjacent to an activating group) is 1. The molecule has 0 aliphatic rings. The van der Waals surface area contributed by atoms with Gasteiger partial charge in [0.1, 0.15) is 12.6 Å². The van der Waals surface area contributed by atoms with Crippen molar-refractivity contribution in [1.82, 2.24) is 0 Å². The summed E-state index contributed by atoms with van der Waals surface area (Å²) in [7, 11) is -0.649. The van der Waals surface area contributed by atoms with Crippen LogP contribution in [0.4, 0.5) is 0 Å². The van der Waals surface area contributed by atoms with E-state index in [4.69, 9.17) is 20.0 Å². The number of carbonyl (C=O) groups excluding carboxylic acids is 1. The van der Waals surface area contributed by atoms with Crippen molar-refractivity contribution < 1.29 is 38.9 Å². The van der Waals surface area contributed by atoms with Crippen molar-refractivity contribution in [2.45, 2.75) is 11.4 Å². The Kier molecular flexibility index (Phi) is 5.01. The average Bonchev–Trinajstić information content (AvgIpc) is 2.10. The molecule has 2 unspecified atom stereocenters. The number of carbonyl (C=O) groups is 1. The quantitative estimate of drug-likeness (QED) is 0.266. The van der Waals surface area contributed by atoms with E-state index in [1.807, 2.05) is 0 Å². The lowest BCUT2D eigenvalue weighted by Gasteiger charge is -2.35. The van der Waals surface area contributed by atoms with Crippen molar-refractivity contribution in [3.05, 3.63) is 0 Å². The van der Waals surface area contributed by atoms with Gasteiger partial charge in [-0.3, -0.25) is 9.36 Å². The first kappa shape index (κ1) is 16.7. The number of rotatable bonds is 6. The molecule has 0 aromatic rings. The molecule has 0 heterocycles. The predicted octanol–water partition coefficient (Wildman–Crippen LogP) is -2.52. The Hall–Kier alpha value is -0.340. The second-order valence-electron chi connectivity index (χ2n) is 4.87. The van der Waals surface area contributed by atoms with Gasteiger partial charge in [0.25, 0.3) is 5.34 Å². The molecule has 0 bridgehead atoms. The molecule has 0 rings (SSSR count). The molecule has 0 amide bonds. The van der Waals surface area contributed by atoms with Gasteiger partial charge in [-0.1, -0.05) is 0 Å². The highest BCUT2D eigenvalue weighted by molar-refractivity contribution is 7.54. The Balaban J connectivity index is 5.43. The number of aliphatic hydroxyl groups excluding tert-OH is 2. The maximum absolute atomic E-state index is 11.6. The Bertz CT molecular complexity index is 333. The van der Waals surface area contributed by atoms with E-state index in [9.17, 15) is 14.5 Å². The van der Waals surface area contributed by atoms with Crippen LogP contribution in [-0.2, 0) is 9.36 Å². The number of Topliss-reactive ketones (excluding diaryl/α,β-unsaturated/α-hetero) is 1. The highest BCUT2D eigenvalue weighted by atomic mass is 31.2. The number of aliphatic hydroxyl groups is 3. The number of hydrogen-bond acceptors (Lipinski definition) is 5. The van der Waals surface area contributed by atoms with E-state index in [-0.39, 0.29) is 4.48 Å². The number of quaternary nitrogens is 1. The van der Waals surface area contributed by atoms with Crippen molar-refractivity contribution in [1.29, 1.82) is 0 Å². The summed E-state index contributed by atoms with van der Waals surface area (Å²) in [4.78, 5) is 29.7. The van der Waals surface area contributed by atoms with Crippen LogP contribution in [0.15, 0.2) is 0 Å². The van der Waals surface area contributed by atoms with Gasteiger partial charge in [0.05, 0.1) is 27.7 Å². The summed E-state index contributed by atoms with van der Waals surface area (Å²) < 4.78 is 11.1. The maximum Gasteiger partial charge on any atom is 0.370 e.